The maximum atomic E-state index is 4.32. The van der Waals surface area contributed by atoms with Gasteiger partial charge in [0.1, 0.15) is 6.54 Å². The van der Waals surface area contributed by atoms with Crippen LogP contribution in [0.3, 0.4) is 0 Å². The third-order valence-corrected chi connectivity index (χ3v) is 11.3. The van der Waals surface area contributed by atoms with E-state index in [0.29, 0.717) is 5.92 Å². The molecule has 8 aromatic rings. The number of aromatic nitrogens is 4. The van der Waals surface area contributed by atoms with E-state index in [1.54, 1.807) is 0 Å². The number of nitrogens with zero attached hydrogens (tertiary/aromatic N) is 4. The van der Waals surface area contributed by atoms with Gasteiger partial charge in [-0.05, 0) is 129 Å². The van der Waals surface area contributed by atoms with Crippen LogP contribution in [-0.2, 0) is 13.1 Å². The maximum Gasteiger partial charge on any atom is 0.213 e. The highest BCUT2D eigenvalue weighted by Gasteiger charge is 2.27. The van der Waals surface area contributed by atoms with E-state index < -0.39 is 0 Å². The monoisotopic (exact) mass is 756 g/mol. The van der Waals surface area contributed by atoms with Crippen molar-refractivity contribution >= 4 is 0 Å². The van der Waals surface area contributed by atoms with E-state index in [1.165, 1.54) is 84.0 Å². The van der Waals surface area contributed by atoms with Crippen LogP contribution in [0.5, 0.6) is 0 Å². The Morgan fingerprint density at radius 1 is 0.379 bits per heavy atom. The quantitative estimate of drug-likeness (QED) is 0.116. The molecule has 4 aromatic heterocycles. The van der Waals surface area contributed by atoms with Crippen molar-refractivity contribution in [3.05, 3.63) is 193 Å². The molecular formula is C54H52N4+2. The van der Waals surface area contributed by atoms with Gasteiger partial charge in [0.25, 0.3) is 0 Å². The summed E-state index contributed by atoms with van der Waals surface area (Å²) in [7, 11) is 0. The van der Waals surface area contributed by atoms with E-state index in [1.807, 2.05) is 24.8 Å². The molecule has 0 N–H and O–H groups in total. The molecule has 0 aliphatic carbocycles. The van der Waals surface area contributed by atoms with E-state index in [0.717, 1.165) is 31.5 Å². The summed E-state index contributed by atoms with van der Waals surface area (Å²) in [6.07, 6.45) is 9.64. The molecule has 58 heavy (non-hydrogen) atoms. The van der Waals surface area contributed by atoms with Crippen LogP contribution in [0.4, 0.5) is 0 Å². The molecule has 0 amide bonds. The number of rotatable bonds is 12. The zero-order chi connectivity index (χ0) is 40.0. The molecule has 4 aromatic carbocycles. The summed E-state index contributed by atoms with van der Waals surface area (Å²) < 4.78 is 5.12. The fourth-order valence-electron chi connectivity index (χ4n) is 7.96. The normalized spacial score (nSPS) is 11.7. The van der Waals surface area contributed by atoms with E-state index in [2.05, 4.69) is 199 Å². The Hall–Kier alpha value is -6.52. The molecule has 0 bridgehead atoms. The standard InChI is InChI=1S/C54H52N4/c1-38-8-16-45(17-9-38)51-33-49(43-24-28-55-29-25-43)34-52(46-18-10-39(2)11-19-46)57(51)32-6-7-42(5)37-58-53(47-20-12-40(3)13-21-47)35-50(44-26-30-56-31-27-44)36-54(58)48-22-14-41(4)15-23-48/h8-31,33-36,42H,6-7,32,37H2,1-5H3/q+2. The van der Waals surface area contributed by atoms with Crippen molar-refractivity contribution in [2.45, 2.75) is 60.5 Å². The van der Waals surface area contributed by atoms with Crippen LogP contribution in [0.2, 0.25) is 0 Å². The van der Waals surface area contributed by atoms with Crippen LogP contribution in [-0.4, -0.2) is 9.97 Å². The molecule has 4 heterocycles. The average Bonchev–Trinajstić information content (AvgIpc) is 3.25. The molecule has 0 saturated heterocycles. The highest BCUT2D eigenvalue weighted by atomic mass is 15.0. The fourth-order valence-corrected chi connectivity index (χ4v) is 7.96. The minimum absolute atomic E-state index is 0.410. The van der Waals surface area contributed by atoms with Crippen molar-refractivity contribution in [3.8, 4) is 67.3 Å². The van der Waals surface area contributed by atoms with Gasteiger partial charge < -0.3 is 0 Å². The van der Waals surface area contributed by atoms with Gasteiger partial charge >= 0.3 is 0 Å². The molecular weight excluding hydrogens is 705 g/mol. The van der Waals surface area contributed by atoms with Crippen LogP contribution < -0.4 is 9.13 Å². The molecule has 0 saturated carbocycles. The molecule has 1 atom stereocenters. The first-order valence-corrected chi connectivity index (χ1v) is 20.5. The number of benzene rings is 4. The van der Waals surface area contributed by atoms with Crippen molar-refractivity contribution in [1.82, 2.24) is 9.97 Å². The summed E-state index contributed by atoms with van der Waals surface area (Å²) in [5, 5.41) is 0. The fraction of sp³-hybridized carbons (Fsp3) is 0.185. The summed E-state index contributed by atoms with van der Waals surface area (Å²) in [5.41, 5.74) is 19.5. The molecule has 0 radical (unpaired) electrons. The van der Waals surface area contributed by atoms with Gasteiger partial charge in [-0.25, -0.2) is 0 Å². The molecule has 8 rings (SSSR count). The lowest BCUT2D eigenvalue weighted by Crippen LogP contribution is -2.42. The van der Waals surface area contributed by atoms with Crippen molar-refractivity contribution in [2.75, 3.05) is 0 Å². The molecule has 0 fully saturated rings. The van der Waals surface area contributed by atoms with Crippen molar-refractivity contribution < 1.29 is 9.13 Å². The molecule has 4 nitrogen and oxygen atoms in total. The third-order valence-electron chi connectivity index (χ3n) is 11.3. The molecule has 1 unspecified atom stereocenters. The first kappa shape index (κ1) is 38.4. The molecule has 0 spiro atoms. The van der Waals surface area contributed by atoms with Gasteiger partial charge in [-0.1, -0.05) is 77.7 Å². The number of hydrogen-bond donors (Lipinski definition) is 0. The summed E-state index contributed by atoms with van der Waals surface area (Å²) in [6, 6.07) is 53.8. The van der Waals surface area contributed by atoms with Gasteiger partial charge in [0.05, 0.1) is 0 Å². The van der Waals surface area contributed by atoms with Crippen molar-refractivity contribution in [1.29, 1.82) is 0 Å². The van der Waals surface area contributed by atoms with E-state index in [9.17, 15) is 0 Å². The predicted molar refractivity (Wildman–Crippen MR) is 239 cm³/mol. The Balaban J connectivity index is 1.17. The maximum absolute atomic E-state index is 4.32. The van der Waals surface area contributed by atoms with Gasteiger partial charge in [-0.2, -0.15) is 9.13 Å². The molecule has 4 heteroatoms. The van der Waals surface area contributed by atoms with Gasteiger partial charge in [-0.15, -0.1) is 0 Å². The minimum atomic E-state index is 0.410. The lowest BCUT2D eigenvalue weighted by molar-refractivity contribution is -0.684. The second kappa shape index (κ2) is 17.3. The minimum Gasteiger partial charge on any atom is -0.265 e. The first-order valence-electron chi connectivity index (χ1n) is 20.5. The van der Waals surface area contributed by atoms with Crippen LogP contribution in [0.15, 0.2) is 170 Å². The number of aryl methyl sites for hydroxylation is 4. The van der Waals surface area contributed by atoms with Crippen molar-refractivity contribution in [2.24, 2.45) is 5.92 Å². The van der Waals surface area contributed by atoms with Crippen LogP contribution in [0, 0.1) is 33.6 Å². The van der Waals surface area contributed by atoms with Crippen molar-refractivity contribution in [3.63, 3.8) is 0 Å². The summed E-state index contributed by atoms with van der Waals surface area (Å²) in [6.45, 7) is 12.8. The van der Waals surface area contributed by atoms with E-state index in [4.69, 9.17) is 0 Å². The third kappa shape index (κ3) is 8.72. The van der Waals surface area contributed by atoms with Gasteiger partial charge in [0.2, 0.25) is 22.8 Å². The zero-order valence-electron chi connectivity index (χ0n) is 34.4. The topological polar surface area (TPSA) is 33.5 Å². The molecule has 0 aliphatic heterocycles. The van der Waals surface area contributed by atoms with Crippen LogP contribution in [0.25, 0.3) is 67.3 Å². The predicted octanol–water partition coefficient (Wildman–Crippen LogP) is 12.4. The van der Waals surface area contributed by atoms with Crippen LogP contribution in [0.1, 0.15) is 42.0 Å². The molecule has 0 aliphatic rings. The lowest BCUT2D eigenvalue weighted by Gasteiger charge is -2.17. The Morgan fingerprint density at radius 3 is 1.02 bits per heavy atom. The largest absolute Gasteiger partial charge is 0.265 e. The lowest BCUT2D eigenvalue weighted by atomic mass is 9.97. The summed E-state index contributed by atoms with van der Waals surface area (Å²) in [4.78, 5) is 8.64. The second-order valence-electron chi connectivity index (χ2n) is 16.0. The SMILES string of the molecule is Cc1ccc(-c2cc(-c3ccncc3)cc(-c3ccc(C)cc3)[n+]2CCCC(C)C[n+]2c(-c3ccc(C)cc3)cc(-c3ccncc3)cc2-c2ccc(C)cc2)cc1. The number of hydrogen-bond acceptors (Lipinski definition) is 2. The highest BCUT2D eigenvalue weighted by molar-refractivity contribution is 5.75. The second-order valence-corrected chi connectivity index (χ2v) is 16.0. The van der Waals surface area contributed by atoms with Gasteiger partial charge in [0, 0.05) is 83.6 Å². The first-order chi connectivity index (χ1) is 28.3. The van der Waals surface area contributed by atoms with E-state index >= 15 is 0 Å². The van der Waals surface area contributed by atoms with Gasteiger partial charge in [0.15, 0.2) is 6.54 Å². The average molecular weight is 757 g/mol. The summed E-state index contributed by atoms with van der Waals surface area (Å²) in [5.74, 6) is 0.410. The Kier molecular flexibility index (Phi) is 11.5. The smallest absolute Gasteiger partial charge is 0.213 e. The number of pyridine rings is 4. The molecule has 286 valence electrons. The van der Waals surface area contributed by atoms with Crippen LogP contribution >= 0.6 is 0 Å². The highest BCUT2D eigenvalue weighted by Crippen LogP contribution is 2.32. The summed E-state index contributed by atoms with van der Waals surface area (Å²) >= 11 is 0. The Morgan fingerprint density at radius 2 is 0.690 bits per heavy atom. The zero-order valence-corrected chi connectivity index (χ0v) is 34.4. The van der Waals surface area contributed by atoms with Gasteiger partial charge in [-0.3, -0.25) is 9.97 Å². The Labute approximate surface area is 344 Å². The van der Waals surface area contributed by atoms with E-state index in [-0.39, 0.29) is 0 Å². The Bertz CT molecular complexity index is 2480.